The monoisotopic (exact) mass is 395 g/mol. The number of hydrogen-bond acceptors (Lipinski definition) is 1. The Morgan fingerprint density at radius 3 is 2.14 bits per heavy atom. The van der Waals surface area contributed by atoms with Crippen LogP contribution in [0.5, 0.6) is 0 Å². The lowest BCUT2D eigenvalue weighted by Crippen LogP contribution is -2.17. The predicted octanol–water partition coefficient (Wildman–Crippen LogP) is 8.53. The van der Waals surface area contributed by atoms with Crippen LogP contribution in [0, 0.1) is 0 Å². The fourth-order valence-corrected chi connectivity index (χ4v) is 3.25. The maximum Gasteiger partial charge on any atom is 0.273 e. The number of hydrogen-bond donors (Lipinski definition) is 0. The molecule has 1 aliphatic rings. The molecule has 0 amide bonds. The average Bonchev–Trinajstić information content (AvgIpc) is 2.95. The minimum absolute atomic E-state index is 0.0755. The largest absolute Gasteiger partial charge is 0.314 e. The second-order valence-corrected chi connectivity index (χ2v) is 6.85. The molecule has 0 aliphatic heterocycles. The van der Waals surface area contributed by atoms with Gasteiger partial charge in [0.05, 0.1) is 0 Å². The second kappa shape index (κ2) is 10.8. The molecule has 154 valence electrons. The number of rotatable bonds is 6. The molecule has 2 aromatic carbocycles. The molecule has 0 unspecified atom stereocenters. The number of nitrogens with zero attached hydrogens (tertiary/aromatic N) is 1. The van der Waals surface area contributed by atoms with Crippen LogP contribution in [0.15, 0.2) is 90.2 Å². The van der Waals surface area contributed by atoms with E-state index < -0.39 is 5.92 Å². The van der Waals surface area contributed by atoms with Crippen molar-refractivity contribution in [2.24, 2.45) is 0 Å². The van der Waals surface area contributed by atoms with E-state index in [1.54, 1.807) is 31.2 Å². The van der Waals surface area contributed by atoms with Crippen molar-refractivity contribution in [1.82, 2.24) is 0 Å². The first-order chi connectivity index (χ1) is 14.0. The van der Waals surface area contributed by atoms with E-state index >= 15 is 0 Å². The summed E-state index contributed by atoms with van der Waals surface area (Å²) in [5, 5.41) is 0. The van der Waals surface area contributed by atoms with Gasteiger partial charge in [-0.2, -0.15) is 0 Å². The lowest BCUT2D eigenvalue weighted by Gasteiger charge is -2.28. The number of anilines is 2. The van der Waals surface area contributed by atoms with E-state index in [0.29, 0.717) is 6.42 Å². The van der Waals surface area contributed by atoms with E-state index in [1.807, 2.05) is 44.2 Å². The smallest absolute Gasteiger partial charge is 0.273 e. The maximum absolute atomic E-state index is 14.2. The van der Waals surface area contributed by atoms with Crippen LogP contribution in [-0.2, 0) is 5.92 Å². The quantitative estimate of drug-likeness (QED) is 0.473. The molecule has 0 fully saturated rings. The highest BCUT2D eigenvalue weighted by Gasteiger charge is 2.30. The third kappa shape index (κ3) is 5.90. The van der Waals surface area contributed by atoms with Crippen LogP contribution in [0.3, 0.4) is 0 Å². The van der Waals surface area contributed by atoms with Crippen LogP contribution in [0.1, 0.15) is 52.5 Å². The Bertz CT molecular complexity index is 846. The van der Waals surface area contributed by atoms with Crippen LogP contribution in [0.2, 0.25) is 0 Å². The molecule has 0 N–H and O–H groups in total. The summed E-state index contributed by atoms with van der Waals surface area (Å²) >= 11 is 0. The predicted molar refractivity (Wildman–Crippen MR) is 121 cm³/mol. The molecule has 0 saturated carbocycles. The Kier molecular flexibility index (Phi) is 8.38. The molecule has 0 heterocycles. The fourth-order valence-electron chi connectivity index (χ4n) is 3.25. The first-order valence-electron chi connectivity index (χ1n) is 10.4. The molecule has 1 aliphatic carbocycles. The summed E-state index contributed by atoms with van der Waals surface area (Å²) in [5.74, 6) is -2.78. The molecule has 0 bridgehead atoms. The Morgan fingerprint density at radius 1 is 0.897 bits per heavy atom. The number of para-hydroxylation sites is 1. The van der Waals surface area contributed by atoms with Crippen molar-refractivity contribution >= 4 is 11.4 Å². The molecule has 3 heteroatoms. The van der Waals surface area contributed by atoms with Crippen molar-refractivity contribution in [1.29, 1.82) is 0 Å². The molecular weight excluding hydrogens is 364 g/mol. The topological polar surface area (TPSA) is 3.24 Å². The summed E-state index contributed by atoms with van der Waals surface area (Å²) in [6, 6.07) is 16.7. The van der Waals surface area contributed by atoms with E-state index in [2.05, 4.69) is 36.1 Å². The standard InChI is InChI=1S/C24H25F2N.C2H6/c1-3-18-24(25,26)20-13-16-23(17-14-20)27(21-9-5-4-6-10-21)22-11-7-8-19(2)12-15-22;1-2/h4-10,12-17H,3,11,18H2,1-2H3;1-2H3. The van der Waals surface area contributed by atoms with Gasteiger partial charge in [-0.05, 0) is 37.3 Å². The lowest BCUT2D eigenvalue weighted by molar-refractivity contribution is -0.0140. The first-order valence-corrected chi connectivity index (χ1v) is 10.4. The van der Waals surface area contributed by atoms with Crippen molar-refractivity contribution < 1.29 is 8.78 Å². The van der Waals surface area contributed by atoms with Crippen LogP contribution in [-0.4, -0.2) is 0 Å². The molecule has 0 aromatic heterocycles. The van der Waals surface area contributed by atoms with Gasteiger partial charge in [-0.1, -0.05) is 81.3 Å². The van der Waals surface area contributed by atoms with Gasteiger partial charge in [-0.15, -0.1) is 0 Å². The Morgan fingerprint density at radius 2 is 1.52 bits per heavy atom. The molecule has 3 rings (SSSR count). The van der Waals surface area contributed by atoms with Crippen LogP contribution in [0.25, 0.3) is 0 Å². The fraction of sp³-hybridized carbons (Fsp3) is 0.308. The van der Waals surface area contributed by atoms with E-state index in [-0.39, 0.29) is 12.0 Å². The molecule has 29 heavy (non-hydrogen) atoms. The van der Waals surface area contributed by atoms with Gasteiger partial charge in [-0.25, -0.2) is 8.78 Å². The summed E-state index contributed by atoms with van der Waals surface area (Å²) in [5.41, 5.74) is 4.25. The zero-order valence-corrected chi connectivity index (χ0v) is 17.8. The van der Waals surface area contributed by atoms with Gasteiger partial charge >= 0.3 is 0 Å². The maximum atomic E-state index is 14.2. The zero-order chi connectivity index (χ0) is 21.3. The van der Waals surface area contributed by atoms with E-state index in [1.165, 1.54) is 5.57 Å². The summed E-state index contributed by atoms with van der Waals surface area (Å²) in [7, 11) is 0. The van der Waals surface area contributed by atoms with Crippen molar-refractivity contribution in [2.45, 2.75) is 52.9 Å². The average molecular weight is 396 g/mol. The van der Waals surface area contributed by atoms with Gasteiger partial charge < -0.3 is 4.90 Å². The SMILES string of the molecule is CC.CCCC(F)(F)c1ccc(N(C2=CC=C(C)C=CC2)c2ccccc2)cc1. The van der Waals surface area contributed by atoms with Gasteiger partial charge in [-0.3, -0.25) is 0 Å². The third-order valence-electron chi connectivity index (χ3n) is 4.66. The second-order valence-electron chi connectivity index (χ2n) is 6.85. The van der Waals surface area contributed by atoms with Crippen LogP contribution in [0.4, 0.5) is 20.2 Å². The molecule has 0 radical (unpaired) electrons. The molecule has 0 atom stereocenters. The molecule has 0 saturated heterocycles. The highest BCUT2D eigenvalue weighted by molar-refractivity contribution is 5.69. The summed E-state index contributed by atoms with van der Waals surface area (Å²) in [6.45, 7) is 7.84. The first kappa shape index (κ1) is 22.6. The van der Waals surface area contributed by atoms with Crippen molar-refractivity contribution in [3.63, 3.8) is 0 Å². The Labute approximate surface area is 174 Å². The van der Waals surface area contributed by atoms with Gasteiger partial charge in [0.25, 0.3) is 5.92 Å². The number of benzene rings is 2. The van der Waals surface area contributed by atoms with E-state index in [4.69, 9.17) is 0 Å². The van der Waals surface area contributed by atoms with Gasteiger partial charge in [0.2, 0.25) is 0 Å². The van der Waals surface area contributed by atoms with Gasteiger partial charge in [0.15, 0.2) is 0 Å². The van der Waals surface area contributed by atoms with Crippen molar-refractivity contribution in [2.75, 3.05) is 4.90 Å². The van der Waals surface area contributed by atoms with E-state index in [9.17, 15) is 8.78 Å². The molecule has 1 nitrogen and oxygen atoms in total. The lowest BCUT2D eigenvalue weighted by atomic mass is 10.0. The minimum Gasteiger partial charge on any atom is -0.314 e. The molecule has 2 aromatic rings. The Balaban J connectivity index is 0.00000145. The summed E-state index contributed by atoms with van der Waals surface area (Å²) in [4.78, 5) is 2.13. The van der Waals surface area contributed by atoms with Crippen molar-refractivity contribution in [3.8, 4) is 0 Å². The van der Waals surface area contributed by atoms with Crippen LogP contribution < -0.4 is 4.90 Å². The summed E-state index contributed by atoms with van der Waals surface area (Å²) in [6.07, 6.45) is 9.51. The van der Waals surface area contributed by atoms with Gasteiger partial charge in [0, 0.05) is 35.5 Å². The number of halogens is 2. The summed E-state index contributed by atoms with van der Waals surface area (Å²) < 4.78 is 28.4. The number of allylic oxidation sites excluding steroid dienone is 5. The van der Waals surface area contributed by atoms with E-state index in [0.717, 1.165) is 23.5 Å². The normalized spacial score (nSPS) is 13.6. The molecule has 0 spiro atoms. The van der Waals surface area contributed by atoms with Gasteiger partial charge in [0.1, 0.15) is 0 Å². The number of alkyl halides is 2. The van der Waals surface area contributed by atoms with Crippen LogP contribution >= 0.6 is 0 Å². The Hall–Kier alpha value is -2.68. The minimum atomic E-state index is -2.78. The van der Waals surface area contributed by atoms with Crippen molar-refractivity contribution in [3.05, 3.63) is 95.7 Å². The third-order valence-corrected chi connectivity index (χ3v) is 4.66. The highest BCUT2D eigenvalue weighted by atomic mass is 19.3. The highest BCUT2D eigenvalue weighted by Crippen LogP contribution is 2.36. The molecular formula is C26H31F2N. The zero-order valence-electron chi connectivity index (χ0n) is 17.8.